The predicted molar refractivity (Wildman–Crippen MR) is 111 cm³/mol. The highest BCUT2D eigenvalue weighted by molar-refractivity contribution is 7.89. The van der Waals surface area contributed by atoms with Gasteiger partial charge in [0.2, 0.25) is 15.9 Å². The van der Waals surface area contributed by atoms with Crippen LogP contribution in [0.4, 0.5) is 4.79 Å². The quantitative estimate of drug-likeness (QED) is 0.610. The van der Waals surface area contributed by atoms with Crippen LogP contribution in [0.25, 0.3) is 0 Å². The van der Waals surface area contributed by atoms with Crippen molar-refractivity contribution >= 4 is 33.3 Å². The number of carbonyl (C=O) groups excluding carboxylic acids is 2. The minimum atomic E-state index is -3.54. The molecule has 0 saturated carbocycles. The Hall–Kier alpha value is -2.27. The van der Waals surface area contributed by atoms with Crippen molar-refractivity contribution in [3.05, 3.63) is 52.7 Å². The minimum Gasteiger partial charge on any atom is -0.333 e. The van der Waals surface area contributed by atoms with Crippen LogP contribution >= 0.6 is 11.3 Å². The van der Waals surface area contributed by atoms with Gasteiger partial charge in [0.1, 0.15) is 0 Å². The number of sulfonamides is 1. The van der Waals surface area contributed by atoms with Gasteiger partial charge in [-0.25, -0.2) is 17.9 Å². The minimum absolute atomic E-state index is 0.102. The second kappa shape index (κ2) is 9.97. The Labute approximate surface area is 174 Å². The number of nitrogens with one attached hydrogen (secondary N) is 3. The fraction of sp³-hybridized carbons (Fsp3) is 0.368. The van der Waals surface area contributed by atoms with Gasteiger partial charge in [-0.3, -0.25) is 15.0 Å². The normalized spacial score (nSPS) is 15.7. The van der Waals surface area contributed by atoms with Crippen molar-refractivity contribution in [1.29, 1.82) is 0 Å². The molecule has 0 spiro atoms. The van der Waals surface area contributed by atoms with Crippen molar-refractivity contribution in [2.75, 3.05) is 19.6 Å². The Kier molecular flexibility index (Phi) is 7.37. The van der Waals surface area contributed by atoms with E-state index in [0.29, 0.717) is 32.5 Å². The number of urea groups is 1. The van der Waals surface area contributed by atoms with Gasteiger partial charge in [0.05, 0.1) is 18.0 Å². The van der Waals surface area contributed by atoms with Gasteiger partial charge in [0, 0.05) is 24.0 Å². The van der Waals surface area contributed by atoms with Crippen LogP contribution in [-0.4, -0.2) is 50.9 Å². The maximum Gasteiger partial charge on any atom is 0.321 e. The molecule has 0 aliphatic carbocycles. The van der Waals surface area contributed by atoms with Crippen molar-refractivity contribution in [2.45, 2.75) is 30.3 Å². The third kappa shape index (κ3) is 6.64. The second-order valence-electron chi connectivity index (χ2n) is 6.79. The topological polar surface area (TPSA) is 108 Å². The van der Waals surface area contributed by atoms with Crippen LogP contribution in [-0.2, 0) is 21.4 Å². The summed E-state index contributed by atoms with van der Waals surface area (Å²) in [6, 6.07) is 11.4. The van der Waals surface area contributed by atoms with E-state index in [4.69, 9.17) is 0 Å². The Morgan fingerprint density at radius 2 is 1.79 bits per heavy atom. The number of likely N-dealkylation sites (tertiary alicyclic amines) is 1. The molecule has 1 saturated heterocycles. The van der Waals surface area contributed by atoms with Gasteiger partial charge in [0.25, 0.3) is 0 Å². The van der Waals surface area contributed by atoms with E-state index in [1.165, 1.54) is 11.3 Å². The standard InChI is InChI=1S/C19H24N4O4S2/c24-18(21-19(25)20-13-16-5-4-12-28-16)14-23-10-8-15(9-11-23)22-29(26,27)17-6-2-1-3-7-17/h1-7,12,15,22H,8-11,13-14H2,(H2,20,21,24,25). The van der Waals surface area contributed by atoms with E-state index in [-0.39, 0.29) is 23.4 Å². The number of benzene rings is 1. The highest BCUT2D eigenvalue weighted by Gasteiger charge is 2.25. The molecule has 1 aliphatic heterocycles. The monoisotopic (exact) mass is 436 g/mol. The van der Waals surface area contributed by atoms with Crippen molar-refractivity contribution in [3.63, 3.8) is 0 Å². The van der Waals surface area contributed by atoms with Crippen LogP contribution in [0.15, 0.2) is 52.7 Å². The molecular weight excluding hydrogens is 412 g/mol. The molecule has 0 atom stereocenters. The molecule has 0 radical (unpaired) electrons. The number of hydrogen-bond acceptors (Lipinski definition) is 6. The van der Waals surface area contributed by atoms with Crippen LogP contribution in [0.3, 0.4) is 0 Å². The lowest BCUT2D eigenvalue weighted by atomic mass is 10.1. The van der Waals surface area contributed by atoms with Gasteiger partial charge in [-0.2, -0.15) is 0 Å². The first-order chi connectivity index (χ1) is 13.9. The number of nitrogens with zero attached hydrogens (tertiary/aromatic N) is 1. The molecule has 3 rings (SSSR count). The van der Waals surface area contributed by atoms with E-state index in [9.17, 15) is 18.0 Å². The molecule has 0 bridgehead atoms. The molecule has 10 heteroatoms. The van der Waals surface area contributed by atoms with Crippen molar-refractivity contribution in [2.24, 2.45) is 0 Å². The fourth-order valence-corrected chi connectivity index (χ4v) is 5.06. The smallest absolute Gasteiger partial charge is 0.321 e. The van der Waals surface area contributed by atoms with Gasteiger partial charge in [0.15, 0.2) is 0 Å². The highest BCUT2D eigenvalue weighted by atomic mass is 32.2. The summed E-state index contributed by atoms with van der Waals surface area (Å²) < 4.78 is 27.5. The lowest BCUT2D eigenvalue weighted by Gasteiger charge is -2.31. The molecule has 156 valence electrons. The van der Waals surface area contributed by atoms with E-state index >= 15 is 0 Å². The summed E-state index contributed by atoms with van der Waals surface area (Å²) in [7, 11) is -3.54. The van der Waals surface area contributed by atoms with Crippen molar-refractivity contribution in [1.82, 2.24) is 20.3 Å². The Morgan fingerprint density at radius 3 is 2.45 bits per heavy atom. The fourth-order valence-electron chi connectivity index (χ4n) is 3.09. The number of imide groups is 1. The molecule has 1 aromatic carbocycles. The zero-order chi connectivity index (χ0) is 20.7. The number of hydrogen-bond donors (Lipinski definition) is 3. The van der Waals surface area contributed by atoms with Gasteiger partial charge >= 0.3 is 6.03 Å². The molecular formula is C19H24N4O4S2. The van der Waals surface area contributed by atoms with Gasteiger partial charge in [-0.15, -0.1) is 11.3 Å². The molecule has 3 amide bonds. The second-order valence-corrected chi connectivity index (χ2v) is 9.54. The number of rotatable bonds is 7. The summed E-state index contributed by atoms with van der Waals surface area (Å²) in [4.78, 5) is 27.0. The van der Waals surface area contributed by atoms with E-state index in [1.807, 2.05) is 22.4 Å². The van der Waals surface area contributed by atoms with Gasteiger partial charge in [-0.1, -0.05) is 24.3 Å². The van der Waals surface area contributed by atoms with Crippen molar-refractivity contribution < 1.29 is 18.0 Å². The SMILES string of the molecule is O=C(CN1CCC(NS(=O)(=O)c2ccccc2)CC1)NC(=O)NCc1cccs1. The molecule has 3 N–H and O–H groups in total. The lowest BCUT2D eigenvalue weighted by molar-refractivity contribution is -0.121. The molecule has 2 aromatic rings. The molecule has 1 aromatic heterocycles. The molecule has 0 unspecified atom stereocenters. The predicted octanol–water partition coefficient (Wildman–Crippen LogP) is 1.52. The molecule has 1 aliphatic rings. The third-order valence-electron chi connectivity index (χ3n) is 4.59. The number of thiophene rings is 1. The molecule has 1 fully saturated rings. The first-order valence-corrected chi connectivity index (χ1v) is 11.7. The third-order valence-corrected chi connectivity index (χ3v) is 7.00. The zero-order valence-electron chi connectivity index (χ0n) is 15.8. The summed E-state index contributed by atoms with van der Waals surface area (Å²) >= 11 is 1.53. The Balaban J connectivity index is 1.38. The van der Waals surface area contributed by atoms with Crippen LogP contribution in [0.1, 0.15) is 17.7 Å². The van der Waals surface area contributed by atoms with E-state index in [2.05, 4.69) is 15.4 Å². The summed E-state index contributed by atoms with van der Waals surface area (Å²) in [6.07, 6.45) is 1.20. The van der Waals surface area contributed by atoms with Gasteiger partial charge in [-0.05, 0) is 36.4 Å². The van der Waals surface area contributed by atoms with E-state index in [1.54, 1.807) is 30.3 Å². The Morgan fingerprint density at radius 1 is 1.07 bits per heavy atom. The first kappa shape index (κ1) is 21.4. The maximum atomic E-state index is 12.4. The summed E-state index contributed by atoms with van der Waals surface area (Å²) in [6.45, 7) is 1.63. The van der Waals surface area contributed by atoms with Crippen LogP contribution in [0, 0.1) is 0 Å². The average Bonchev–Trinajstić information content (AvgIpc) is 3.22. The lowest BCUT2D eigenvalue weighted by Crippen LogP contribution is -2.49. The van der Waals surface area contributed by atoms with Gasteiger partial charge < -0.3 is 5.32 Å². The summed E-state index contributed by atoms with van der Waals surface area (Å²) in [5.74, 6) is -0.378. The van der Waals surface area contributed by atoms with Crippen LogP contribution in [0.2, 0.25) is 0 Å². The summed E-state index contributed by atoms with van der Waals surface area (Å²) in [5.41, 5.74) is 0. The van der Waals surface area contributed by atoms with Crippen LogP contribution < -0.4 is 15.4 Å². The van der Waals surface area contributed by atoms with E-state index in [0.717, 1.165) is 4.88 Å². The highest BCUT2D eigenvalue weighted by Crippen LogP contribution is 2.14. The number of amides is 3. The van der Waals surface area contributed by atoms with Crippen molar-refractivity contribution in [3.8, 4) is 0 Å². The molecule has 2 heterocycles. The maximum absolute atomic E-state index is 12.4. The molecule has 29 heavy (non-hydrogen) atoms. The number of piperidine rings is 1. The molecule has 8 nitrogen and oxygen atoms in total. The number of carbonyl (C=O) groups is 2. The average molecular weight is 437 g/mol. The van der Waals surface area contributed by atoms with Crippen LogP contribution in [0.5, 0.6) is 0 Å². The van der Waals surface area contributed by atoms with E-state index < -0.39 is 16.1 Å². The first-order valence-electron chi connectivity index (χ1n) is 9.32. The Bertz CT molecular complexity index is 909. The zero-order valence-corrected chi connectivity index (χ0v) is 17.5. The largest absolute Gasteiger partial charge is 0.333 e. The summed E-state index contributed by atoms with van der Waals surface area (Å²) in [5, 5.41) is 6.89.